The summed E-state index contributed by atoms with van der Waals surface area (Å²) in [5.41, 5.74) is 20.6. The zero-order chi connectivity index (χ0) is 91.0. The Morgan fingerprint density at radius 2 is 0.481 bits per heavy atom. The molecule has 24 heteroatoms. The van der Waals surface area contributed by atoms with Crippen molar-refractivity contribution in [3.63, 3.8) is 0 Å². The summed E-state index contributed by atoms with van der Waals surface area (Å²) in [4.78, 5) is 36.1. The zero-order valence-electron chi connectivity index (χ0n) is 78.0. The van der Waals surface area contributed by atoms with E-state index in [4.69, 9.17) is 15.3 Å². The summed E-state index contributed by atoms with van der Waals surface area (Å²) in [5.74, 6) is 0.479. The Morgan fingerprint density at radius 3 is 0.651 bits per heavy atom. The van der Waals surface area contributed by atoms with Gasteiger partial charge in [-0.1, -0.05) is 163 Å². The summed E-state index contributed by atoms with van der Waals surface area (Å²) in [6, 6.07) is 78.4. The number of aliphatic hydroxyl groups is 8. The van der Waals surface area contributed by atoms with Crippen LogP contribution in [0.2, 0.25) is 0 Å². The van der Waals surface area contributed by atoms with Gasteiger partial charge < -0.3 is 59.1 Å². The van der Waals surface area contributed by atoms with Crippen molar-refractivity contribution in [2.24, 2.45) is 28.1 Å². The van der Waals surface area contributed by atoms with E-state index in [1.54, 1.807) is 46.1 Å². The van der Waals surface area contributed by atoms with Crippen molar-refractivity contribution < 1.29 is 121 Å². The molecular formula is C105H130Ir4N12O8-4. The standard InChI is InChI=1S/4C18H14N3.C11H24O2.C9H20O2.C8H18O2.C5H12O2.4Ir/c4*1-2-21-15-11-7-6-10-14(15)17-18(21)16(19-12-20-17)13-8-4-3-5-9-13;1-10(2,3)8(12)7-9(13)11(4,5)6;1-6(2)8(10)5-9(11)7(3)4;1-6(9)5-7(10)8(2,3)4;1-4(6)3-5(2)7;;;;/h4*3-8,10-12H,2H2,1H3;8-9,12-13H,7H2,1-6H3;6-11H,5H2,1-4H3;6-7,9-10H,5H2,1-4H3;4-7H,3H2,1-2H3;;;;/q4*-1;;;;;;;;. The summed E-state index contributed by atoms with van der Waals surface area (Å²) in [5, 5.41) is 78.4. The van der Waals surface area contributed by atoms with Crippen molar-refractivity contribution in [2.45, 2.75) is 239 Å². The Balaban J connectivity index is 0.000000266. The topological polar surface area (TPSA) is 285 Å². The van der Waals surface area contributed by atoms with Gasteiger partial charge in [0.15, 0.2) is 0 Å². The molecule has 0 aliphatic carbocycles. The molecule has 8 aromatic carbocycles. The van der Waals surface area contributed by atoms with Gasteiger partial charge in [0.25, 0.3) is 0 Å². The van der Waals surface area contributed by atoms with Gasteiger partial charge in [-0.3, -0.25) is 19.9 Å². The first-order chi connectivity index (χ1) is 59.6. The van der Waals surface area contributed by atoms with Crippen LogP contribution in [0, 0.1) is 52.3 Å². The molecule has 0 aliphatic heterocycles. The fourth-order valence-corrected chi connectivity index (χ4v) is 14.6. The monoisotopic (exact) mass is 2460 g/mol. The Bertz CT molecular complexity index is 5350. The normalized spacial score (nSPS) is 13.2. The van der Waals surface area contributed by atoms with Crippen LogP contribution in [0.4, 0.5) is 0 Å². The molecule has 8 N–H and O–H groups in total. The molecule has 4 radical (unpaired) electrons. The number of aliphatic hydroxyl groups excluding tert-OH is 8. The van der Waals surface area contributed by atoms with Crippen LogP contribution in [-0.2, 0) is 107 Å². The first-order valence-electron chi connectivity index (χ1n) is 43.8. The SMILES string of the molecule is CC(C)(C)C(O)CC(O)C(C)(C)C.CC(C)C(O)CC(O)C(C)C.CC(O)CC(C)O.CC(O)CC(O)C(C)(C)C.CCn1c2ccccc2c2ncnc(-c3[c-]cccc3)c21.CCn1c2ccccc2c2ncnc(-c3[c-]cccc3)c21.CCn1c2ccccc2c2ncnc(-c3[c-]cccc3)c21.CCn1c2ccccc2c2ncnc(-c3[c-]cccc3)c21.[Ir].[Ir].[Ir].[Ir]. The second-order valence-electron chi connectivity index (χ2n) is 35.6. The number of fused-ring (bicyclic) bond motifs is 12. The van der Waals surface area contributed by atoms with E-state index >= 15 is 0 Å². The number of aryl methyl sites for hydroxylation is 4. The van der Waals surface area contributed by atoms with Gasteiger partial charge in [-0.05, 0) is 120 Å². The molecule has 8 aromatic heterocycles. The van der Waals surface area contributed by atoms with Gasteiger partial charge in [-0.15, -0.1) is 144 Å². The van der Waals surface area contributed by atoms with E-state index in [1.807, 2.05) is 187 Å². The maximum atomic E-state index is 9.76. The fraction of sp³-hybridized carbons (Fsp3) is 0.390. The van der Waals surface area contributed by atoms with Gasteiger partial charge in [0, 0.05) is 157 Å². The maximum Gasteiger partial charge on any atom is 0.106 e. The summed E-state index contributed by atoms with van der Waals surface area (Å²) in [6.45, 7) is 42.7. The first-order valence-corrected chi connectivity index (χ1v) is 43.8. The molecule has 0 bridgehead atoms. The van der Waals surface area contributed by atoms with Gasteiger partial charge in [-0.25, -0.2) is 19.9 Å². The van der Waals surface area contributed by atoms with Crippen LogP contribution >= 0.6 is 0 Å². The van der Waals surface area contributed by atoms with Crippen molar-refractivity contribution in [1.29, 1.82) is 0 Å². The van der Waals surface area contributed by atoms with E-state index in [1.165, 1.54) is 43.6 Å². The predicted octanol–water partition coefficient (Wildman–Crippen LogP) is 21.2. The van der Waals surface area contributed by atoms with Gasteiger partial charge in [0.1, 0.15) is 25.3 Å². The van der Waals surface area contributed by atoms with Crippen molar-refractivity contribution in [3.05, 3.63) is 244 Å². The average Bonchev–Trinajstić information content (AvgIpc) is 1.62. The number of nitrogens with zero attached hydrogens (tertiary/aromatic N) is 12. The molecule has 8 heterocycles. The van der Waals surface area contributed by atoms with Crippen LogP contribution in [0.1, 0.15) is 164 Å². The second kappa shape index (κ2) is 52.1. The van der Waals surface area contributed by atoms with E-state index in [0.29, 0.717) is 25.7 Å². The quantitative estimate of drug-likeness (QED) is 0.0371. The van der Waals surface area contributed by atoms with Gasteiger partial charge in [0.2, 0.25) is 0 Å². The molecule has 0 saturated heterocycles. The first kappa shape index (κ1) is 111. The molecule has 16 rings (SSSR count). The van der Waals surface area contributed by atoms with Gasteiger partial charge in [-0.2, -0.15) is 0 Å². The Kier molecular flexibility index (Phi) is 44.9. The van der Waals surface area contributed by atoms with E-state index in [-0.39, 0.29) is 133 Å². The third-order valence-electron chi connectivity index (χ3n) is 22.0. The summed E-state index contributed by atoms with van der Waals surface area (Å²) in [7, 11) is 0. The smallest absolute Gasteiger partial charge is 0.106 e. The number of hydrogen-bond donors (Lipinski definition) is 8. The minimum atomic E-state index is -0.443. The third-order valence-corrected chi connectivity index (χ3v) is 22.0. The molecule has 16 aromatic rings. The number of para-hydroxylation sites is 4. The van der Waals surface area contributed by atoms with Gasteiger partial charge >= 0.3 is 0 Å². The molecule has 129 heavy (non-hydrogen) atoms. The third kappa shape index (κ3) is 29.3. The van der Waals surface area contributed by atoms with Crippen molar-refractivity contribution in [1.82, 2.24) is 58.1 Å². The summed E-state index contributed by atoms with van der Waals surface area (Å²) < 4.78 is 9.11. The van der Waals surface area contributed by atoms with Gasteiger partial charge in [0.05, 0.1) is 115 Å². The van der Waals surface area contributed by atoms with Crippen LogP contribution in [-0.4, -0.2) is 148 Å². The Labute approximate surface area is 816 Å². The van der Waals surface area contributed by atoms with E-state index in [9.17, 15) is 25.5 Å². The number of hydrogen-bond acceptors (Lipinski definition) is 16. The van der Waals surface area contributed by atoms with Crippen molar-refractivity contribution in [2.75, 3.05) is 0 Å². The average molecular weight is 2460 g/mol. The van der Waals surface area contributed by atoms with Crippen molar-refractivity contribution in [3.8, 4) is 45.0 Å². The van der Waals surface area contributed by atoms with E-state index < -0.39 is 24.4 Å². The fourth-order valence-electron chi connectivity index (χ4n) is 14.6. The molecule has 0 fully saturated rings. The number of aromatic nitrogens is 12. The summed E-state index contributed by atoms with van der Waals surface area (Å²) >= 11 is 0. The minimum absolute atomic E-state index is 0. The van der Waals surface area contributed by atoms with Crippen LogP contribution in [0.15, 0.2) is 219 Å². The number of benzene rings is 8. The predicted molar refractivity (Wildman–Crippen MR) is 512 cm³/mol. The van der Waals surface area contributed by atoms with Crippen molar-refractivity contribution >= 4 is 87.7 Å². The molecule has 8 unspecified atom stereocenters. The van der Waals surface area contributed by atoms with Crippen LogP contribution < -0.4 is 0 Å². The molecule has 0 spiro atoms. The molecule has 0 amide bonds. The zero-order valence-corrected chi connectivity index (χ0v) is 87.6. The van der Waals surface area contributed by atoms with Crippen LogP contribution in [0.3, 0.4) is 0 Å². The molecule has 8 atom stereocenters. The second-order valence-corrected chi connectivity index (χ2v) is 35.6. The molecule has 20 nitrogen and oxygen atoms in total. The van der Waals surface area contributed by atoms with Crippen LogP contribution in [0.25, 0.3) is 133 Å². The minimum Gasteiger partial charge on any atom is -0.393 e. The largest absolute Gasteiger partial charge is 0.393 e. The molecular weight excluding hydrogens is 2330 g/mol. The van der Waals surface area contributed by atoms with Crippen LogP contribution in [0.5, 0.6) is 0 Å². The maximum absolute atomic E-state index is 9.76. The Morgan fingerprint density at radius 1 is 0.271 bits per heavy atom. The number of rotatable bonds is 18. The van der Waals surface area contributed by atoms with E-state index in [2.05, 4.69) is 207 Å². The molecule has 0 aliphatic rings. The van der Waals surface area contributed by atoms with E-state index in [0.717, 1.165) is 115 Å². The summed E-state index contributed by atoms with van der Waals surface area (Å²) in [6.07, 6.45) is 5.27. The molecule has 698 valence electrons. The Hall–Kier alpha value is -8.44. The molecule has 0 saturated carbocycles.